The van der Waals surface area contributed by atoms with Crippen molar-refractivity contribution in [3.05, 3.63) is 35.4 Å². The van der Waals surface area contributed by atoms with Gasteiger partial charge in [0, 0.05) is 11.1 Å². The van der Waals surface area contributed by atoms with Crippen LogP contribution >= 0.6 is 12.6 Å². The Morgan fingerprint density at radius 2 is 1.67 bits per heavy atom. The first-order valence-electron chi connectivity index (χ1n) is 3.46. The van der Waals surface area contributed by atoms with Crippen LogP contribution in [0.25, 0.3) is 0 Å². The molecule has 0 bridgehead atoms. The third-order valence-electron chi connectivity index (χ3n) is 1.54. The van der Waals surface area contributed by atoms with Crippen molar-refractivity contribution in [3.8, 4) is 0 Å². The predicted molar refractivity (Wildman–Crippen MR) is 49.8 cm³/mol. The molecular weight excluding hydrogens is 172 g/mol. The average Bonchev–Trinajstić information content (AvgIpc) is 2.04. The lowest BCUT2D eigenvalue weighted by Crippen LogP contribution is -2.01. The molecule has 12 heavy (non-hydrogen) atoms. The molecule has 1 aromatic carbocycles. The second kappa shape index (κ2) is 3.54. The second-order valence-corrected chi connectivity index (χ2v) is 2.81. The number of hydrogen-bond donors (Lipinski definition) is 1. The summed E-state index contributed by atoms with van der Waals surface area (Å²) in [5.41, 5.74) is 0.797. The number of ketones is 1. The van der Waals surface area contributed by atoms with E-state index in [0.717, 1.165) is 0 Å². The van der Waals surface area contributed by atoms with Crippen molar-refractivity contribution in [2.24, 2.45) is 0 Å². The molecule has 2 nitrogen and oxygen atoms in total. The normalized spacial score (nSPS) is 9.50. The highest BCUT2D eigenvalue weighted by Crippen LogP contribution is 2.11. The van der Waals surface area contributed by atoms with Crippen LogP contribution in [0.5, 0.6) is 0 Å². The van der Waals surface area contributed by atoms with E-state index in [2.05, 4.69) is 12.6 Å². The fraction of sp³-hybridized carbons (Fsp3) is 0.111. The van der Waals surface area contributed by atoms with Crippen molar-refractivity contribution in [2.75, 3.05) is 0 Å². The zero-order valence-electron chi connectivity index (χ0n) is 6.57. The van der Waals surface area contributed by atoms with E-state index in [1.54, 1.807) is 24.3 Å². The largest absolute Gasteiger partial charge is 0.294 e. The van der Waals surface area contributed by atoms with E-state index < -0.39 is 0 Å². The Morgan fingerprint density at radius 1 is 1.17 bits per heavy atom. The Morgan fingerprint density at radius 3 is 2.00 bits per heavy atom. The summed E-state index contributed by atoms with van der Waals surface area (Å²) in [6.45, 7) is 1.43. The maximum absolute atomic E-state index is 11.0. The molecule has 0 fully saturated rings. The molecule has 0 unspecified atom stereocenters. The molecule has 0 aliphatic carbocycles. The average molecular weight is 180 g/mol. The summed E-state index contributed by atoms with van der Waals surface area (Å²) < 4.78 is 0. The highest BCUT2D eigenvalue weighted by atomic mass is 32.1. The minimum atomic E-state index is -0.374. The van der Waals surface area contributed by atoms with E-state index >= 15 is 0 Å². The van der Waals surface area contributed by atoms with Crippen LogP contribution in [0.15, 0.2) is 24.3 Å². The molecule has 0 spiro atoms. The number of Topliss-reactive ketones (excluding diaryl/α,β-unsaturated/α-hetero) is 1. The van der Waals surface area contributed by atoms with Crippen LogP contribution < -0.4 is 0 Å². The SMILES string of the molecule is CC(=O)c1ccccc1C(=O)S. The fourth-order valence-electron chi connectivity index (χ4n) is 0.977. The number of carbonyl (C=O) groups is 2. The summed E-state index contributed by atoms with van der Waals surface area (Å²) in [6, 6.07) is 6.63. The number of benzene rings is 1. The lowest BCUT2D eigenvalue weighted by molar-refractivity contribution is 0.100. The third-order valence-corrected chi connectivity index (χ3v) is 1.78. The topological polar surface area (TPSA) is 34.1 Å². The van der Waals surface area contributed by atoms with Gasteiger partial charge in [-0.1, -0.05) is 18.2 Å². The molecular formula is C9H8O2S. The van der Waals surface area contributed by atoms with Crippen LogP contribution in [-0.4, -0.2) is 10.9 Å². The van der Waals surface area contributed by atoms with Crippen LogP contribution in [0, 0.1) is 0 Å². The van der Waals surface area contributed by atoms with Crippen LogP contribution in [-0.2, 0) is 0 Å². The Labute approximate surface area is 76.0 Å². The van der Waals surface area contributed by atoms with Crippen molar-refractivity contribution in [3.63, 3.8) is 0 Å². The van der Waals surface area contributed by atoms with Gasteiger partial charge in [-0.2, -0.15) is 0 Å². The van der Waals surface area contributed by atoms with Gasteiger partial charge >= 0.3 is 0 Å². The second-order valence-electron chi connectivity index (χ2n) is 2.41. The van der Waals surface area contributed by atoms with E-state index in [-0.39, 0.29) is 10.9 Å². The lowest BCUT2D eigenvalue weighted by Gasteiger charge is -2.00. The summed E-state index contributed by atoms with van der Waals surface area (Å²) >= 11 is 3.66. The predicted octanol–water partition coefficient (Wildman–Crippen LogP) is 1.96. The van der Waals surface area contributed by atoms with Crippen molar-refractivity contribution in [1.82, 2.24) is 0 Å². The zero-order valence-corrected chi connectivity index (χ0v) is 7.47. The Balaban J connectivity index is 3.27. The molecule has 1 rings (SSSR count). The van der Waals surface area contributed by atoms with E-state index in [4.69, 9.17) is 0 Å². The van der Waals surface area contributed by atoms with Crippen molar-refractivity contribution in [1.29, 1.82) is 0 Å². The van der Waals surface area contributed by atoms with Gasteiger partial charge in [-0.3, -0.25) is 9.59 Å². The van der Waals surface area contributed by atoms with Gasteiger partial charge in [0.25, 0.3) is 0 Å². The highest BCUT2D eigenvalue weighted by Gasteiger charge is 2.09. The van der Waals surface area contributed by atoms with Gasteiger partial charge in [-0.25, -0.2) is 0 Å². The van der Waals surface area contributed by atoms with Gasteiger partial charge in [0.05, 0.1) is 0 Å². The number of carbonyl (C=O) groups excluding carboxylic acids is 2. The molecule has 0 aliphatic rings. The highest BCUT2D eigenvalue weighted by molar-refractivity contribution is 7.97. The number of hydrogen-bond acceptors (Lipinski definition) is 2. The molecule has 0 amide bonds. The molecule has 62 valence electrons. The van der Waals surface area contributed by atoms with Crippen molar-refractivity contribution in [2.45, 2.75) is 6.92 Å². The zero-order chi connectivity index (χ0) is 9.14. The monoisotopic (exact) mass is 180 g/mol. The summed E-state index contributed by atoms with van der Waals surface area (Å²) in [5.74, 6) is -0.118. The summed E-state index contributed by atoms with van der Waals surface area (Å²) in [6.07, 6.45) is 0. The third kappa shape index (κ3) is 1.74. The first kappa shape index (κ1) is 9.00. The van der Waals surface area contributed by atoms with E-state index in [9.17, 15) is 9.59 Å². The molecule has 0 aliphatic heterocycles. The molecule has 0 heterocycles. The molecule has 0 aromatic heterocycles. The quantitative estimate of drug-likeness (QED) is 0.557. The molecule has 0 saturated carbocycles. The molecule has 1 aromatic rings. The Hall–Kier alpha value is -1.09. The number of thiol groups is 1. The first-order chi connectivity index (χ1) is 5.63. The van der Waals surface area contributed by atoms with Gasteiger partial charge < -0.3 is 0 Å². The maximum atomic E-state index is 11.0. The molecule has 0 saturated heterocycles. The Bertz CT molecular complexity index is 298. The Kier molecular flexibility index (Phi) is 2.65. The molecule has 0 radical (unpaired) electrons. The standard InChI is InChI=1S/C9H8O2S/c1-6(10)7-4-2-3-5-8(7)9(11)12/h2-5H,1H3,(H,11,12). The molecule has 0 atom stereocenters. The van der Waals surface area contributed by atoms with Gasteiger partial charge in [0.1, 0.15) is 0 Å². The van der Waals surface area contributed by atoms with Crippen molar-refractivity contribution >= 4 is 23.5 Å². The van der Waals surface area contributed by atoms with Crippen LogP contribution in [0.1, 0.15) is 27.6 Å². The fourth-order valence-corrected chi connectivity index (χ4v) is 1.17. The minimum Gasteiger partial charge on any atom is -0.294 e. The summed E-state index contributed by atoms with van der Waals surface area (Å²) in [7, 11) is 0. The molecule has 0 N–H and O–H groups in total. The van der Waals surface area contributed by atoms with Gasteiger partial charge in [-0.05, 0) is 13.0 Å². The maximum Gasteiger partial charge on any atom is 0.217 e. The molecule has 3 heteroatoms. The first-order valence-corrected chi connectivity index (χ1v) is 3.91. The van der Waals surface area contributed by atoms with E-state index in [1.165, 1.54) is 6.92 Å². The van der Waals surface area contributed by atoms with Crippen LogP contribution in [0.2, 0.25) is 0 Å². The van der Waals surface area contributed by atoms with Crippen LogP contribution in [0.4, 0.5) is 0 Å². The van der Waals surface area contributed by atoms with E-state index in [0.29, 0.717) is 11.1 Å². The lowest BCUT2D eigenvalue weighted by atomic mass is 10.1. The van der Waals surface area contributed by atoms with Gasteiger partial charge in [0.15, 0.2) is 5.78 Å². The summed E-state index contributed by atoms with van der Waals surface area (Å²) in [5, 5.41) is -0.374. The van der Waals surface area contributed by atoms with Gasteiger partial charge in [0.2, 0.25) is 5.12 Å². The van der Waals surface area contributed by atoms with E-state index in [1.807, 2.05) is 0 Å². The van der Waals surface area contributed by atoms with Crippen LogP contribution in [0.3, 0.4) is 0 Å². The smallest absolute Gasteiger partial charge is 0.217 e. The minimum absolute atomic E-state index is 0.118. The van der Waals surface area contributed by atoms with Gasteiger partial charge in [-0.15, -0.1) is 12.6 Å². The number of rotatable bonds is 2. The van der Waals surface area contributed by atoms with Crippen molar-refractivity contribution < 1.29 is 9.59 Å². The summed E-state index contributed by atoms with van der Waals surface area (Å²) in [4.78, 5) is 21.9.